The normalized spacial score (nSPS) is 11.8. The number of nitrogens with zero attached hydrogens (tertiary/aromatic N) is 4. The second kappa shape index (κ2) is 7.99. The maximum absolute atomic E-state index is 13.5. The molecule has 0 spiro atoms. The second-order valence-electron chi connectivity index (χ2n) is 7.39. The van der Waals surface area contributed by atoms with Gasteiger partial charge in [0.05, 0.1) is 10.6 Å². The number of pyridine rings is 2. The van der Waals surface area contributed by atoms with Crippen molar-refractivity contribution < 1.29 is 8.42 Å². The van der Waals surface area contributed by atoms with Crippen molar-refractivity contribution in [3.05, 3.63) is 71.8 Å². The predicted octanol–water partition coefficient (Wildman–Crippen LogP) is 4.69. The predicted molar refractivity (Wildman–Crippen MR) is 118 cm³/mol. The molecule has 4 aromatic rings. The Bertz CT molecular complexity index is 1290. The van der Waals surface area contributed by atoms with Gasteiger partial charge in [0.15, 0.2) is 5.65 Å². The lowest BCUT2D eigenvalue weighted by Crippen LogP contribution is -2.17. The summed E-state index contributed by atoms with van der Waals surface area (Å²) in [6, 6.07) is 14.4. The fraction of sp³-hybridized carbons (Fsp3) is 0.261. The Morgan fingerprint density at radius 3 is 2.43 bits per heavy atom. The van der Waals surface area contributed by atoms with Gasteiger partial charge in [-0.2, -0.15) is 0 Å². The average molecular weight is 421 g/mol. The third-order valence-electron chi connectivity index (χ3n) is 5.10. The Hall–Kier alpha value is -3.06. The summed E-state index contributed by atoms with van der Waals surface area (Å²) >= 11 is 0. The highest BCUT2D eigenvalue weighted by atomic mass is 32.2. The molecule has 4 rings (SSSR count). The molecule has 0 fully saturated rings. The molecule has 0 amide bonds. The summed E-state index contributed by atoms with van der Waals surface area (Å²) in [4.78, 5) is 14.0. The Balaban J connectivity index is 1.95. The number of aryl methyl sites for hydroxylation is 3. The largest absolute Gasteiger partial charge is 0.270 e. The first kappa shape index (κ1) is 20.2. The lowest BCUT2D eigenvalue weighted by molar-refractivity contribution is 0.584. The SMILES string of the molecule is CCCCc1nc2cc(-c3ccccn3)c(C)nc2n1S(=O)(=O)c1ccc(C)cc1. The van der Waals surface area contributed by atoms with E-state index in [0.29, 0.717) is 29.1 Å². The Labute approximate surface area is 176 Å². The fourth-order valence-corrected chi connectivity index (χ4v) is 4.92. The van der Waals surface area contributed by atoms with Gasteiger partial charge in [0.1, 0.15) is 11.3 Å². The molecule has 30 heavy (non-hydrogen) atoms. The highest BCUT2D eigenvalue weighted by Crippen LogP contribution is 2.28. The summed E-state index contributed by atoms with van der Waals surface area (Å²) in [6.07, 6.45) is 4.08. The van der Waals surface area contributed by atoms with Crippen molar-refractivity contribution in [2.75, 3.05) is 0 Å². The van der Waals surface area contributed by atoms with Gasteiger partial charge >= 0.3 is 0 Å². The maximum atomic E-state index is 13.5. The lowest BCUT2D eigenvalue weighted by Gasteiger charge is -2.11. The van der Waals surface area contributed by atoms with E-state index in [1.165, 1.54) is 3.97 Å². The molecule has 0 bridgehead atoms. The van der Waals surface area contributed by atoms with Crippen molar-refractivity contribution in [3.63, 3.8) is 0 Å². The van der Waals surface area contributed by atoms with Gasteiger partial charge in [-0.15, -0.1) is 0 Å². The molecule has 0 aliphatic heterocycles. The highest BCUT2D eigenvalue weighted by Gasteiger charge is 2.26. The van der Waals surface area contributed by atoms with E-state index >= 15 is 0 Å². The summed E-state index contributed by atoms with van der Waals surface area (Å²) < 4.78 is 28.4. The van der Waals surface area contributed by atoms with Crippen molar-refractivity contribution in [2.45, 2.75) is 44.9 Å². The Morgan fingerprint density at radius 2 is 1.77 bits per heavy atom. The molecule has 6 nitrogen and oxygen atoms in total. The fourth-order valence-electron chi connectivity index (χ4n) is 3.46. The zero-order valence-corrected chi connectivity index (χ0v) is 18.1. The minimum absolute atomic E-state index is 0.235. The van der Waals surface area contributed by atoms with Crippen LogP contribution in [0.25, 0.3) is 22.4 Å². The van der Waals surface area contributed by atoms with Crippen molar-refractivity contribution in [1.29, 1.82) is 0 Å². The average Bonchev–Trinajstić information content (AvgIpc) is 3.10. The van der Waals surface area contributed by atoms with Crippen LogP contribution in [0.1, 0.15) is 36.8 Å². The molecular weight excluding hydrogens is 396 g/mol. The topological polar surface area (TPSA) is 77.7 Å². The van der Waals surface area contributed by atoms with Crippen LogP contribution in [-0.4, -0.2) is 27.3 Å². The first-order valence-electron chi connectivity index (χ1n) is 10.0. The molecule has 0 saturated carbocycles. The number of benzene rings is 1. The van der Waals surface area contributed by atoms with E-state index in [9.17, 15) is 8.42 Å². The number of hydrogen-bond acceptors (Lipinski definition) is 5. The zero-order chi connectivity index (χ0) is 21.3. The molecule has 3 aromatic heterocycles. The summed E-state index contributed by atoms with van der Waals surface area (Å²) in [5.41, 5.74) is 4.27. The second-order valence-corrected chi connectivity index (χ2v) is 9.18. The molecular formula is C23H24N4O2S. The first-order valence-corrected chi connectivity index (χ1v) is 11.5. The molecule has 1 aromatic carbocycles. The molecule has 0 atom stereocenters. The third-order valence-corrected chi connectivity index (χ3v) is 6.84. The molecule has 0 radical (unpaired) electrons. The van der Waals surface area contributed by atoms with Crippen LogP contribution in [0.15, 0.2) is 59.6 Å². The minimum Gasteiger partial charge on any atom is -0.256 e. The number of aromatic nitrogens is 4. The molecule has 3 heterocycles. The van der Waals surface area contributed by atoms with Crippen LogP contribution in [0.3, 0.4) is 0 Å². The van der Waals surface area contributed by atoms with Gasteiger partial charge in [0, 0.05) is 23.9 Å². The van der Waals surface area contributed by atoms with Crippen LogP contribution < -0.4 is 0 Å². The molecule has 0 unspecified atom stereocenters. The first-order chi connectivity index (χ1) is 14.4. The van der Waals surface area contributed by atoms with E-state index in [0.717, 1.165) is 29.7 Å². The van der Waals surface area contributed by atoms with Crippen LogP contribution in [-0.2, 0) is 16.4 Å². The van der Waals surface area contributed by atoms with E-state index < -0.39 is 10.0 Å². The smallest absolute Gasteiger partial charge is 0.256 e. The van der Waals surface area contributed by atoms with Gasteiger partial charge in [0.25, 0.3) is 10.0 Å². The van der Waals surface area contributed by atoms with Crippen molar-refractivity contribution >= 4 is 21.2 Å². The van der Waals surface area contributed by atoms with Crippen LogP contribution in [0.5, 0.6) is 0 Å². The number of fused-ring (bicyclic) bond motifs is 1. The van der Waals surface area contributed by atoms with E-state index in [1.807, 2.05) is 38.1 Å². The molecule has 7 heteroatoms. The number of unbranched alkanes of at least 4 members (excludes halogenated alkanes) is 1. The van der Waals surface area contributed by atoms with Gasteiger partial charge in [-0.05, 0) is 50.6 Å². The molecule has 0 N–H and O–H groups in total. The highest BCUT2D eigenvalue weighted by molar-refractivity contribution is 7.90. The summed E-state index contributed by atoms with van der Waals surface area (Å²) in [5, 5.41) is 0. The van der Waals surface area contributed by atoms with Crippen molar-refractivity contribution in [2.24, 2.45) is 0 Å². The van der Waals surface area contributed by atoms with Gasteiger partial charge in [0.2, 0.25) is 0 Å². The maximum Gasteiger partial charge on any atom is 0.270 e. The number of imidazole rings is 1. The standard InChI is InChI=1S/C23H24N4O2S/c1-4-5-9-22-26-21-15-19(20-8-6-7-14-24-20)17(3)25-23(21)27(22)30(28,29)18-12-10-16(2)11-13-18/h6-8,10-15H,4-5,9H2,1-3H3. The van der Waals surface area contributed by atoms with Crippen molar-refractivity contribution in [3.8, 4) is 11.3 Å². The Morgan fingerprint density at radius 1 is 1.00 bits per heavy atom. The zero-order valence-electron chi connectivity index (χ0n) is 17.3. The van der Waals surface area contributed by atoms with Crippen LogP contribution in [0.4, 0.5) is 0 Å². The lowest BCUT2D eigenvalue weighted by atomic mass is 10.1. The van der Waals surface area contributed by atoms with Crippen LogP contribution in [0.2, 0.25) is 0 Å². The van der Waals surface area contributed by atoms with Gasteiger partial charge in [-0.3, -0.25) is 4.98 Å². The molecule has 0 aliphatic rings. The van der Waals surface area contributed by atoms with E-state index in [-0.39, 0.29) is 4.90 Å². The van der Waals surface area contributed by atoms with Gasteiger partial charge in [-0.1, -0.05) is 37.1 Å². The monoisotopic (exact) mass is 420 g/mol. The number of rotatable bonds is 6. The third kappa shape index (κ3) is 3.61. The summed E-state index contributed by atoms with van der Waals surface area (Å²) in [5.74, 6) is 0.512. The van der Waals surface area contributed by atoms with Crippen molar-refractivity contribution in [1.82, 2.24) is 18.9 Å². The number of hydrogen-bond donors (Lipinski definition) is 0. The minimum atomic E-state index is -3.82. The van der Waals surface area contributed by atoms with Crippen LogP contribution in [0, 0.1) is 13.8 Å². The summed E-state index contributed by atoms with van der Waals surface area (Å²) in [6.45, 7) is 5.87. The van der Waals surface area contributed by atoms with Crippen LogP contribution >= 0.6 is 0 Å². The van der Waals surface area contributed by atoms with E-state index in [2.05, 4.69) is 21.9 Å². The molecule has 154 valence electrons. The van der Waals surface area contributed by atoms with E-state index in [4.69, 9.17) is 0 Å². The Kier molecular flexibility index (Phi) is 5.39. The quantitative estimate of drug-likeness (QED) is 0.452. The molecule has 0 aliphatic carbocycles. The molecule has 0 saturated heterocycles. The van der Waals surface area contributed by atoms with E-state index in [1.54, 1.807) is 30.5 Å². The summed E-state index contributed by atoms with van der Waals surface area (Å²) in [7, 11) is -3.82. The van der Waals surface area contributed by atoms with Gasteiger partial charge < -0.3 is 0 Å². The van der Waals surface area contributed by atoms with Gasteiger partial charge in [-0.25, -0.2) is 22.4 Å².